The lowest BCUT2D eigenvalue weighted by atomic mass is 10.1. The first-order valence-corrected chi connectivity index (χ1v) is 9.97. The van der Waals surface area contributed by atoms with Crippen LogP contribution in [0.3, 0.4) is 0 Å². The van der Waals surface area contributed by atoms with Crippen molar-refractivity contribution < 1.29 is 8.42 Å². The van der Waals surface area contributed by atoms with Crippen LogP contribution in [0.1, 0.15) is 32.8 Å². The minimum atomic E-state index is -3.25. The maximum absolute atomic E-state index is 11.8. The third-order valence-corrected chi connectivity index (χ3v) is 5.26. The molecule has 2 aromatic carbocycles. The zero-order valence-corrected chi connectivity index (χ0v) is 15.4. The van der Waals surface area contributed by atoms with Crippen molar-refractivity contribution in [2.75, 3.05) is 15.4 Å². The predicted molar refractivity (Wildman–Crippen MR) is 102 cm³/mol. The van der Waals surface area contributed by atoms with E-state index in [2.05, 4.69) is 35.6 Å². The molecule has 130 valence electrons. The van der Waals surface area contributed by atoms with E-state index in [4.69, 9.17) is 0 Å². The molecule has 5 heteroatoms. The number of anilines is 2. The summed E-state index contributed by atoms with van der Waals surface area (Å²) in [5.41, 5.74) is 2.93. The summed E-state index contributed by atoms with van der Waals surface area (Å²) < 4.78 is 26.3. The molecule has 0 aliphatic heterocycles. The summed E-state index contributed by atoms with van der Waals surface area (Å²) >= 11 is 0. The van der Waals surface area contributed by atoms with Gasteiger partial charge in [-0.2, -0.15) is 0 Å². The van der Waals surface area contributed by atoms with Gasteiger partial charge in [0.2, 0.25) is 10.0 Å². The van der Waals surface area contributed by atoms with Crippen molar-refractivity contribution in [2.45, 2.75) is 39.8 Å². The van der Waals surface area contributed by atoms with E-state index in [1.54, 1.807) is 0 Å². The maximum Gasteiger partial charge on any atom is 0.232 e. The molecule has 24 heavy (non-hydrogen) atoms. The van der Waals surface area contributed by atoms with E-state index in [-0.39, 0.29) is 5.75 Å². The molecule has 0 amide bonds. The highest BCUT2D eigenvalue weighted by Crippen LogP contribution is 2.23. The van der Waals surface area contributed by atoms with E-state index in [9.17, 15) is 8.42 Å². The molecular formula is C19H26N2O2S. The van der Waals surface area contributed by atoms with Gasteiger partial charge < -0.3 is 4.90 Å². The molecule has 0 spiro atoms. The van der Waals surface area contributed by atoms with Crippen LogP contribution in [0.5, 0.6) is 0 Å². The van der Waals surface area contributed by atoms with Crippen molar-refractivity contribution in [1.82, 2.24) is 0 Å². The summed E-state index contributed by atoms with van der Waals surface area (Å²) in [7, 11) is -3.25. The summed E-state index contributed by atoms with van der Waals surface area (Å²) in [5, 5.41) is 0. The number of nitrogens with zero attached hydrogens (tertiary/aromatic N) is 1. The molecule has 2 rings (SSSR count). The van der Waals surface area contributed by atoms with Crippen molar-refractivity contribution in [1.29, 1.82) is 0 Å². The highest BCUT2D eigenvalue weighted by Gasteiger charge is 2.13. The van der Waals surface area contributed by atoms with Crippen molar-refractivity contribution >= 4 is 21.4 Å². The fraction of sp³-hybridized carbons (Fsp3) is 0.368. The normalized spacial score (nSPS) is 11.5. The van der Waals surface area contributed by atoms with Crippen LogP contribution in [0.2, 0.25) is 0 Å². The summed E-state index contributed by atoms with van der Waals surface area (Å²) in [6.45, 7) is 6.98. The molecule has 2 aromatic rings. The Morgan fingerprint density at radius 1 is 1.00 bits per heavy atom. The second-order valence-electron chi connectivity index (χ2n) is 6.18. The van der Waals surface area contributed by atoms with Gasteiger partial charge in [-0.05, 0) is 50.1 Å². The van der Waals surface area contributed by atoms with E-state index in [1.807, 2.05) is 49.4 Å². The molecule has 0 atom stereocenters. The van der Waals surface area contributed by atoms with Crippen LogP contribution in [0.15, 0.2) is 54.6 Å². The van der Waals surface area contributed by atoms with Gasteiger partial charge in [-0.25, -0.2) is 8.42 Å². The Kier molecular flexibility index (Phi) is 6.26. The van der Waals surface area contributed by atoms with Gasteiger partial charge in [-0.1, -0.05) is 37.3 Å². The van der Waals surface area contributed by atoms with Crippen LogP contribution in [-0.2, 0) is 16.6 Å². The van der Waals surface area contributed by atoms with E-state index in [1.165, 1.54) is 5.56 Å². The number of hydrogen-bond acceptors (Lipinski definition) is 3. The van der Waals surface area contributed by atoms with E-state index >= 15 is 0 Å². The van der Waals surface area contributed by atoms with Crippen LogP contribution in [-0.4, -0.2) is 20.2 Å². The molecule has 0 bridgehead atoms. The molecule has 0 aliphatic rings. The van der Waals surface area contributed by atoms with Crippen LogP contribution in [0.25, 0.3) is 0 Å². The number of rotatable bonds is 8. The number of hydrogen-bond donors (Lipinski definition) is 1. The largest absolute Gasteiger partial charge is 0.365 e. The standard InChI is InChI=1S/C19H26N2O2S/c1-4-14-24(22,23)20-18-10-12-19(13-11-18)21(16(2)3)15-17-8-6-5-7-9-17/h5-13,16,20H,4,14-15H2,1-3H3. The lowest BCUT2D eigenvalue weighted by molar-refractivity contribution is 0.600. The Morgan fingerprint density at radius 3 is 2.17 bits per heavy atom. The molecule has 0 radical (unpaired) electrons. The molecule has 1 N–H and O–H groups in total. The zero-order valence-electron chi connectivity index (χ0n) is 14.6. The molecule has 0 aromatic heterocycles. The predicted octanol–water partition coefficient (Wildman–Crippen LogP) is 4.25. The average molecular weight is 346 g/mol. The molecule has 0 unspecified atom stereocenters. The smallest absolute Gasteiger partial charge is 0.232 e. The van der Waals surface area contributed by atoms with Crippen molar-refractivity contribution in [3.63, 3.8) is 0 Å². The topological polar surface area (TPSA) is 49.4 Å². The fourth-order valence-electron chi connectivity index (χ4n) is 2.57. The molecular weight excluding hydrogens is 320 g/mol. The Hall–Kier alpha value is -2.01. The quantitative estimate of drug-likeness (QED) is 0.777. The summed E-state index contributed by atoms with van der Waals surface area (Å²) in [4.78, 5) is 2.29. The van der Waals surface area contributed by atoms with Gasteiger partial charge in [-0.15, -0.1) is 0 Å². The third-order valence-electron chi connectivity index (χ3n) is 3.76. The lowest BCUT2D eigenvalue weighted by Gasteiger charge is -2.29. The second-order valence-corrected chi connectivity index (χ2v) is 8.02. The van der Waals surface area contributed by atoms with Gasteiger partial charge in [0.1, 0.15) is 0 Å². The zero-order chi connectivity index (χ0) is 17.6. The summed E-state index contributed by atoms with van der Waals surface area (Å²) in [6, 6.07) is 18.2. The minimum Gasteiger partial charge on any atom is -0.365 e. The van der Waals surface area contributed by atoms with Crippen LogP contribution in [0, 0.1) is 0 Å². The van der Waals surface area contributed by atoms with Crippen molar-refractivity contribution in [2.24, 2.45) is 0 Å². The first kappa shape index (κ1) is 18.3. The van der Waals surface area contributed by atoms with E-state index in [0.29, 0.717) is 18.2 Å². The van der Waals surface area contributed by atoms with Crippen molar-refractivity contribution in [3.8, 4) is 0 Å². The lowest BCUT2D eigenvalue weighted by Crippen LogP contribution is -2.30. The Bertz CT molecular complexity index is 726. The maximum atomic E-state index is 11.8. The Labute approximate surface area is 145 Å². The highest BCUT2D eigenvalue weighted by molar-refractivity contribution is 7.92. The van der Waals surface area contributed by atoms with Crippen LogP contribution in [0.4, 0.5) is 11.4 Å². The van der Waals surface area contributed by atoms with Crippen LogP contribution < -0.4 is 9.62 Å². The van der Waals surface area contributed by atoms with Gasteiger partial charge in [0.15, 0.2) is 0 Å². The molecule has 4 nitrogen and oxygen atoms in total. The Balaban J connectivity index is 2.14. The second kappa shape index (κ2) is 8.20. The van der Waals surface area contributed by atoms with Crippen molar-refractivity contribution in [3.05, 3.63) is 60.2 Å². The molecule has 0 saturated carbocycles. The number of sulfonamides is 1. The van der Waals surface area contributed by atoms with Gasteiger partial charge >= 0.3 is 0 Å². The Morgan fingerprint density at radius 2 is 1.62 bits per heavy atom. The number of benzene rings is 2. The SMILES string of the molecule is CCCS(=O)(=O)Nc1ccc(N(Cc2ccccc2)C(C)C)cc1. The molecule has 0 aliphatic carbocycles. The first-order chi connectivity index (χ1) is 11.4. The molecule has 0 saturated heterocycles. The van der Waals surface area contributed by atoms with Gasteiger partial charge in [0.05, 0.1) is 5.75 Å². The minimum absolute atomic E-state index is 0.140. The van der Waals surface area contributed by atoms with Gasteiger partial charge in [0, 0.05) is 24.0 Å². The van der Waals surface area contributed by atoms with Crippen LogP contribution >= 0.6 is 0 Å². The van der Waals surface area contributed by atoms with E-state index in [0.717, 1.165) is 12.2 Å². The van der Waals surface area contributed by atoms with Gasteiger partial charge in [-0.3, -0.25) is 4.72 Å². The monoisotopic (exact) mass is 346 g/mol. The molecule has 0 fully saturated rings. The summed E-state index contributed by atoms with van der Waals surface area (Å²) in [5.74, 6) is 0.140. The average Bonchev–Trinajstić information content (AvgIpc) is 2.54. The van der Waals surface area contributed by atoms with Gasteiger partial charge in [0.25, 0.3) is 0 Å². The van der Waals surface area contributed by atoms with E-state index < -0.39 is 10.0 Å². The summed E-state index contributed by atoms with van der Waals surface area (Å²) in [6.07, 6.45) is 0.603. The third kappa shape index (κ3) is 5.27. The fourth-order valence-corrected chi connectivity index (χ4v) is 3.71. The highest BCUT2D eigenvalue weighted by atomic mass is 32.2. The molecule has 0 heterocycles. The number of nitrogens with one attached hydrogen (secondary N) is 1. The first-order valence-electron chi connectivity index (χ1n) is 8.32.